The van der Waals surface area contributed by atoms with Crippen molar-refractivity contribution in [1.82, 2.24) is 9.21 Å². The van der Waals surface area contributed by atoms with Crippen molar-refractivity contribution in [3.05, 3.63) is 35.4 Å². The van der Waals surface area contributed by atoms with Gasteiger partial charge in [0.25, 0.3) is 0 Å². The van der Waals surface area contributed by atoms with Crippen LogP contribution >= 0.6 is 0 Å². The van der Waals surface area contributed by atoms with Gasteiger partial charge in [-0.05, 0) is 32.0 Å². The maximum atomic E-state index is 12.6. The van der Waals surface area contributed by atoms with Crippen molar-refractivity contribution in [3.8, 4) is 0 Å². The standard InChI is InChI=1S/C15H24N2O3S/c1-15(2)12-17(9-8-16(15)3)21(19,20)11-14-6-4-13(10-18)5-7-14/h4-7,18H,8-12H2,1-3H3. The van der Waals surface area contributed by atoms with Gasteiger partial charge >= 0.3 is 0 Å². The smallest absolute Gasteiger partial charge is 0.218 e. The summed E-state index contributed by atoms with van der Waals surface area (Å²) in [7, 11) is -1.28. The van der Waals surface area contributed by atoms with Gasteiger partial charge in [-0.2, -0.15) is 4.31 Å². The normalized spacial score (nSPS) is 20.6. The highest BCUT2D eigenvalue weighted by molar-refractivity contribution is 7.88. The van der Waals surface area contributed by atoms with Crippen LogP contribution in [0.15, 0.2) is 24.3 Å². The van der Waals surface area contributed by atoms with E-state index in [2.05, 4.69) is 18.7 Å². The summed E-state index contributed by atoms with van der Waals surface area (Å²) in [5, 5.41) is 9.02. The molecule has 1 saturated heterocycles. The van der Waals surface area contributed by atoms with Crippen LogP contribution in [0.25, 0.3) is 0 Å². The van der Waals surface area contributed by atoms with Crippen LogP contribution in [0.4, 0.5) is 0 Å². The van der Waals surface area contributed by atoms with Gasteiger partial charge in [-0.15, -0.1) is 0 Å². The van der Waals surface area contributed by atoms with Gasteiger partial charge in [-0.3, -0.25) is 4.90 Å². The average molecular weight is 312 g/mol. The van der Waals surface area contributed by atoms with Gasteiger partial charge < -0.3 is 5.11 Å². The van der Waals surface area contributed by atoms with Crippen molar-refractivity contribution in [2.24, 2.45) is 0 Å². The number of hydrogen-bond acceptors (Lipinski definition) is 4. The van der Waals surface area contributed by atoms with Crippen LogP contribution in [0.1, 0.15) is 25.0 Å². The Kier molecular flexibility index (Phi) is 4.72. The Bertz CT molecular complexity index is 581. The highest BCUT2D eigenvalue weighted by Gasteiger charge is 2.36. The molecule has 0 spiro atoms. The Balaban J connectivity index is 2.11. The van der Waals surface area contributed by atoms with E-state index >= 15 is 0 Å². The summed E-state index contributed by atoms with van der Waals surface area (Å²) < 4.78 is 26.7. The molecule has 0 saturated carbocycles. The van der Waals surface area contributed by atoms with E-state index in [0.717, 1.165) is 17.7 Å². The first kappa shape index (κ1) is 16.4. The van der Waals surface area contributed by atoms with E-state index in [1.165, 1.54) is 0 Å². The maximum Gasteiger partial charge on any atom is 0.218 e. The Morgan fingerprint density at radius 2 is 1.71 bits per heavy atom. The molecule has 21 heavy (non-hydrogen) atoms. The van der Waals surface area contributed by atoms with Crippen LogP contribution in [0.3, 0.4) is 0 Å². The lowest BCUT2D eigenvalue weighted by molar-refractivity contribution is 0.0801. The summed E-state index contributed by atoms with van der Waals surface area (Å²) >= 11 is 0. The summed E-state index contributed by atoms with van der Waals surface area (Å²) in [4.78, 5) is 2.19. The molecular formula is C15H24N2O3S. The third-order valence-electron chi connectivity index (χ3n) is 4.23. The first-order chi connectivity index (χ1) is 9.74. The van der Waals surface area contributed by atoms with E-state index in [4.69, 9.17) is 5.11 Å². The minimum atomic E-state index is -3.31. The molecule has 1 aromatic carbocycles. The highest BCUT2D eigenvalue weighted by Crippen LogP contribution is 2.22. The Morgan fingerprint density at radius 1 is 1.14 bits per heavy atom. The fourth-order valence-electron chi connectivity index (χ4n) is 2.48. The van der Waals surface area contributed by atoms with Gasteiger partial charge in [0.1, 0.15) is 0 Å². The number of piperazine rings is 1. The zero-order valence-electron chi connectivity index (χ0n) is 12.9. The van der Waals surface area contributed by atoms with E-state index in [9.17, 15) is 8.42 Å². The quantitative estimate of drug-likeness (QED) is 0.902. The molecule has 0 atom stereocenters. The molecule has 5 nitrogen and oxygen atoms in total. The first-order valence-electron chi connectivity index (χ1n) is 7.12. The first-order valence-corrected chi connectivity index (χ1v) is 8.73. The van der Waals surface area contributed by atoms with E-state index in [1.807, 2.05) is 7.05 Å². The van der Waals surface area contributed by atoms with Gasteiger partial charge in [-0.1, -0.05) is 24.3 Å². The minimum absolute atomic E-state index is 0.0124. The molecule has 0 radical (unpaired) electrons. The molecule has 0 amide bonds. The summed E-state index contributed by atoms with van der Waals surface area (Å²) in [5.74, 6) is 0.0124. The molecule has 1 aromatic rings. The predicted octanol–water partition coefficient (Wildman–Crippen LogP) is 1.03. The SMILES string of the molecule is CN1CCN(S(=O)(=O)Cc2ccc(CO)cc2)CC1(C)C. The second kappa shape index (κ2) is 6.04. The molecule has 1 aliphatic rings. The third-order valence-corrected chi connectivity index (χ3v) is 6.03. The van der Waals surface area contributed by atoms with Crippen molar-refractivity contribution in [1.29, 1.82) is 0 Å². The van der Waals surface area contributed by atoms with Crippen molar-refractivity contribution < 1.29 is 13.5 Å². The maximum absolute atomic E-state index is 12.6. The summed E-state index contributed by atoms with van der Waals surface area (Å²) in [6.45, 7) is 5.89. The molecule has 2 rings (SSSR count). The Hall–Kier alpha value is -0.950. The van der Waals surface area contributed by atoms with Crippen LogP contribution < -0.4 is 0 Å². The molecule has 0 unspecified atom stereocenters. The molecule has 1 heterocycles. The number of rotatable bonds is 4. The Morgan fingerprint density at radius 3 is 2.24 bits per heavy atom. The zero-order chi connectivity index (χ0) is 15.7. The summed E-state index contributed by atoms with van der Waals surface area (Å²) in [5.41, 5.74) is 1.40. The van der Waals surface area contributed by atoms with E-state index in [0.29, 0.717) is 13.1 Å². The molecule has 1 fully saturated rings. The molecule has 6 heteroatoms. The summed E-state index contributed by atoms with van der Waals surface area (Å²) in [6, 6.07) is 7.06. The topological polar surface area (TPSA) is 60.9 Å². The van der Waals surface area contributed by atoms with Gasteiger partial charge in [0.15, 0.2) is 0 Å². The van der Waals surface area contributed by atoms with Crippen LogP contribution in [0.5, 0.6) is 0 Å². The van der Waals surface area contributed by atoms with Crippen molar-refractivity contribution in [2.45, 2.75) is 31.7 Å². The van der Waals surface area contributed by atoms with Crippen molar-refractivity contribution in [2.75, 3.05) is 26.7 Å². The van der Waals surface area contributed by atoms with E-state index < -0.39 is 10.0 Å². The number of sulfonamides is 1. The minimum Gasteiger partial charge on any atom is -0.392 e. The fraction of sp³-hybridized carbons (Fsp3) is 0.600. The summed E-state index contributed by atoms with van der Waals surface area (Å²) in [6.07, 6.45) is 0. The van der Waals surface area contributed by atoms with E-state index in [1.54, 1.807) is 28.6 Å². The number of nitrogens with zero attached hydrogens (tertiary/aromatic N) is 2. The van der Waals surface area contributed by atoms with Crippen molar-refractivity contribution in [3.63, 3.8) is 0 Å². The van der Waals surface area contributed by atoms with Crippen LogP contribution in [0, 0.1) is 0 Å². The lowest BCUT2D eigenvalue weighted by atomic mass is 10.0. The number of hydrogen-bond donors (Lipinski definition) is 1. The van der Waals surface area contributed by atoms with Crippen LogP contribution in [0.2, 0.25) is 0 Å². The van der Waals surface area contributed by atoms with Crippen molar-refractivity contribution >= 4 is 10.0 Å². The van der Waals surface area contributed by atoms with Crippen LogP contribution in [-0.4, -0.2) is 55.0 Å². The molecule has 0 aliphatic carbocycles. The average Bonchev–Trinajstić information content (AvgIpc) is 2.42. The molecule has 0 aromatic heterocycles. The second-order valence-corrected chi connectivity index (χ2v) is 8.27. The second-order valence-electron chi connectivity index (χ2n) is 6.30. The number of likely N-dealkylation sites (N-methyl/N-ethyl adjacent to an activating group) is 1. The van der Waals surface area contributed by atoms with Gasteiger partial charge in [0.2, 0.25) is 10.0 Å². The van der Waals surface area contributed by atoms with Crippen LogP contribution in [-0.2, 0) is 22.4 Å². The fourth-order valence-corrected chi connectivity index (χ4v) is 4.14. The number of aliphatic hydroxyl groups excluding tert-OH is 1. The number of benzene rings is 1. The molecule has 0 bridgehead atoms. The molecule has 1 N–H and O–H groups in total. The van der Waals surface area contributed by atoms with Gasteiger partial charge in [0, 0.05) is 25.2 Å². The lowest BCUT2D eigenvalue weighted by Crippen LogP contribution is -2.58. The lowest BCUT2D eigenvalue weighted by Gasteiger charge is -2.44. The molecular weight excluding hydrogens is 288 g/mol. The Labute approximate surface area is 127 Å². The zero-order valence-corrected chi connectivity index (χ0v) is 13.7. The molecule has 1 aliphatic heterocycles. The molecule has 118 valence electrons. The van der Waals surface area contributed by atoms with E-state index in [-0.39, 0.29) is 17.9 Å². The largest absolute Gasteiger partial charge is 0.392 e. The van der Waals surface area contributed by atoms with Gasteiger partial charge in [-0.25, -0.2) is 8.42 Å². The highest BCUT2D eigenvalue weighted by atomic mass is 32.2. The third kappa shape index (κ3) is 3.83. The van der Waals surface area contributed by atoms with Gasteiger partial charge in [0.05, 0.1) is 12.4 Å². The monoisotopic (exact) mass is 312 g/mol. The number of aliphatic hydroxyl groups is 1. The predicted molar refractivity (Wildman–Crippen MR) is 83.3 cm³/mol.